The number of carbonyl (C=O) groups excluding carboxylic acids is 1. The van der Waals surface area contributed by atoms with E-state index < -0.39 is 11.4 Å². The van der Waals surface area contributed by atoms with Crippen LogP contribution in [0.4, 0.5) is 14.9 Å². The average Bonchev–Trinajstić information content (AvgIpc) is 2.74. The lowest BCUT2D eigenvalue weighted by Gasteiger charge is -2.62. The van der Waals surface area contributed by atoms with Crippen LogP contribution in [0.15, 0.2) is 30.6 Å². The van der Waals surface area contributed by atoms with Gasteiger partial charge in [0, 0.05) is 31.6 Å². The Hall–Kier alpha value is -3.36. The fourth-order valence-electron chi connectivity index (χ4n) is 4.83. The summed E-state index contributed by atoms with van der Waals surface area (Å²) in [5.74, 6) is 0.208. The standard InChI is InChI=1S/C23H27FN6O2.H2/c1-4-19(25)32-21(26)23-9-13(2)7-17(10-23)30(23)22(31)29-16-6-5-14(3)18(8-16)20-27-11-15(24)12-28-20;/h5-6,8,11-13,17,25-26H,4,7,9-10H2,1-3H3,(H,29,31);1H/t13-,17?,23?;/m0./s1. The van der Waals surface area contributed by atoms with E-state index in [-0.39, 0.29) is 25.3 Å². The van der Waals surface area contributed by atoms with Gasteiger partial charge in [-0.15, -0.1) is 0 Å². The summed E-state index contributed by atoms with van der Waals surface area (Å²) in [6.07, 6.45) is 4.79. The van der Waals surface area contributed by atoms with Crippen LogP contribution in [0.2, 0.25) is 0 Å². The Morgan fingerprint density at radius 3 is 2.75 bits per heavy atom. The molecule has 2 amide bonds. The van der Waals surface area contributed by atoms with Crippen LogP contribution in [0.1, 0.15) is 46.5 Å². The lowest BCUT2D eigenvalue weighted by Crippen LogP contribution is -2.75. The van der Waals surface area contributed by atoms with E-state index in [2.05, 4.69) is 22.2 Å². The first-order valence-corrected chi connectivity index (χ1v) is 10.8. The van der Waals surface area contributed by atoms with Crippen LogP contribution in [0.25, 0.3) is 11.4 Å². The van der Waals surface area contributed by atoms with E-state index in [4.69, 9.17) is 15.6 Å². The smallest absolute Gasteiger partial charge is 0.322 e. The molecule has 1 saturated heterocycles. The Morgan fingerprint density at radius 2 is 2.06 bits per heavy atom. The van der Waals surface area contributed by atoms with Gasteiger partial charge in [0.05, 0.1) is 12.4 Å². The molecular formula is C23H29FN6O2. The number of ether oxygens (including phenoxy) is 1. The average molecular weight is 441 g/mol. The number of halogens is 1. The molecule has 1 aromatic heterocycles. The van der Waals surface area contributed by atoms with Crippen LogP contribution in [-0.2, 0) is 4.74 Å². The Balaban J connectivity index is 0.00000306. The highest BCUT2D eigenvalue weighted by atomic mass is 19.1. The molecule has 32 heavy (non-hydrogen) atoms. The lowest BCUT2D eigenvalue weighted by molar-refractivity contribution is -0.0540. The van der Waals surface area contributed by atoms with Crippen LogP contribution < -0.4 is 5.32 Å². The number of aryl methyl sites for hydroxylation is 1. The minimum absolute atomic E-state index is 0. The minimum Gasteiger partial charge on any atom is -0.427 e. The summed E-state index contributed by atoms with van der Waals surface area (Å²) in [6.45, 7) is 5.80. The predicted octanol–water partition coefficient (Wildman–Crippen LogP) is 4.99. The molecule has 2 aliphatic rings. The van der Waals surface area contributed by atoms with Crippen molar-refractivity contribution in [3.8, 4) is 11.4 Å². The lowest BCUT2D eigenvalue weighted by atomic mass is 9.64. The molecular weight excluding hydrogens is 411 g/mol. The zero-order valence-electron chi connectivity index (χ0n) is 18.4. The van der Waals surface area contributed by atoms with Crippen molar-refractivity contribution in [2.75, 3.05) is 5.32 Å². The number of piperidine rings is 1. The number of nitrogens with one attached hydrogen (secondary N) is 3. The second-order valence-electron chi connectivity index (χ2n) is 8.70. The number of nitrogens with zero attached hydrogens (tertiary/aromatic N) is 3. The topological polar surface area (TPSA) is 115 Å². The third-order valence-electron chi connectivity index (χ3n) is 6.30. The minimum atomic E-state index is -0.818. The summed E-state index contributed by atoms with van der Waals surface area (Å²) >= 11 is 0. The summed E-state index contributed by atoms with van der Waals surface area (Å²) in [5.41, 5.74) is 1.34. The highest BCUT2D eigenvalue weighted by Crippen LogP contribution is 2.50. The number of amides is 2. The van der Waals surface area contributed by atoms with Crippen LogP contribution >= 0.6 is 0 Å². The Bertz CT molecular complexity index is 1080. The first-order valence-electron chi connectivity index (χ1n) is 10.8. The summed E-state index contributed by atoms with van der Waals surface area (Å²) < 4.78 is 18.7. The number of rotatable bonds is 4. The maximum Gasteiger partial charge on any atom is 0.322 e. The van der Waals surface area contributed by atoms with Gasteiger partial charge < -0.3 is 15.0 Å². The third-order valence-corrected chi connectivity index (χ3v) is 6.30. The monoisotopic (exact) mass is 440 g/mol. The maximum absolute atomic E-state index is 13.3. The second-order valence-corrected chi connectivity index (χ2v) is 8.70. The molecule has 3 N–H and O–H groups in total. The van der Waals surface area contributed by atoms with Crippen LogP contribution in [-0.4, -0.2) is 44.3 Å². The molecule has 1 saturated carbocycles. The molecule has 1 aliphatic carbocycles. The van der Waals surface area contributed by atoms with Crippen molar-refractivity contribution in [2.24, 2.45) is 5.92 Å². The van der Waals surface area contributed by atoms with Gasteiger partial charge in [-0.1, -0.05) is 19.9 Å². The Kier molecular flexibility index (Phi) is 5.66. The van der Waals surface area contributed by atoms with Gasteiger partial charge in [-0.25, -0.2) is 19.2 Å². The van der Waals surface area contributed by atoms with Gasteiger partial charge in [0.1, 0.15) is 5.54 Å². The molecule has 2 heterocycles. The highest BCUT2D eigenvalue weighted by molar-refractivity contribution is 6.01. The first kappa shape index (κ1) is 21.9. The van der Waals surface area contributed by atoms with E-state index in [1.807, 2.05) is 13.0 Å². The number of urea groups is 1. The molecule has 9 heteroatoms. The van der Waals surface area contributed by atoms with E-state index in [0.29, 0.717) is 42.3 Å². The second kappa shape index (κ2) is 8.29. The fraction of sp³-hybridized carbons (Fsp3) is 0.435. The van der Waals surface area contributed by atoms with Crippen molar-refractivity contribution in [1.82, 2.24) is 14.9 Å². The van der Waals surface area contributed by atoms with E-state index in [0.717, 1.165) is 24.4 Å². The third kappa shape index (κ3) is 3.83. The highest BCUT2D eigenvalue weighted by Gasteiger charge is 2.62. The number of likely N-dealkylation sites (tertiary alicyclic amines) is 1. The molecule has 2 aromatic rings. The van der Waals surface area contributed by atoms with Crippen molar-refractivity contribution < 1.29 is 15.3 Å². The van der Waals surface area contributed by atoms with E-state index >= 15 is 0 Å². The van der Waals surface area contributed by atoms with Crippen molar-refractivity contribution in [3.63, 3.8) is 0 Å². The molecule has 1 aromatic carbocycles. The van der Waals surface area contributed by atoms with Crippen molar-refractivity contribution in [3.05, 3.63) is 42.0 Å². The largest absolute Gasteiger partial charge is 0.427 e. The molecule has 2 unspecified atom stereocenters. The zero-order valence-corrected chi connectivity index (χ0v) is 18.4. The van der Waals surface area contributed by atoms with Gasteiger partial charge in [0.15, 0.2) is 17.5 Å². The number of anilines is 1. The SMILES string of the molecule is CCC(=N)OC(=N)C12CC(C[C@H](C)C1)N2C(=O)Nc1ccc(C)c(-c2ncc(F)cn2)c1.[HH]. The normalized spacial score (nSPS) is 23.8. The van der Waals surface area contributed by atoms with E-state index in [1.54, 1.807) is 24.0 Å². The zero-order chi connectivity index (χ0) is 23.0. The van der Waals surface area contributed by atoms with Crippen LogP contribution in [0, 0.1) is 29.5 Å². The van der Waals surface area contributed by atoms with Crippen LogP contribution in [0.5, 0.6) is 0 Å². The van der Waals surface area contributed by atoms with Gasteiger partial charge in [-0.3, -0.25) is 10.8 Å². The Morgan fingerprint density at radius 1 is 1.34 bits per heavy atom. The summed E-state index contributed by atoms with van der Waals surface area (Å²) in [5, 5.41) is 19.3. The molecule has 0 spiro atoms. The quantitative estimate of drug-likeness (QED) is 0.459. The number of hydrogen-bond acceptors (Lipinski definition) is 6. The summed E-state index contributed by atoms with van der Waals surface area (Å²) in [7, 11) is 0. The number of benzene rings is 1. The molecule has 4 rings (SSSR count). The van der Waals surface area contributed by atoms with Crippen molar-refractivity contribution >= 4 is 23.5 Å². The molecule has 2 bridgehead atoms. The number of hydrogen-bond donors (Lipinski definition) is 3. The maximum atomic E-state index is 13.3. The number of carbonyl (C=O) groups is 1. The van der Waals surface area contributed by atoms with Gasteiger partial charge >= 0.3 is 6.03 Å². The molecule has 1 aliphatic heterocycles. The molecule has 8 nitrogen and oxygen atoms in total. The molecule has 0 radical (unpaired) electrons. The van der Waals surface area contributed by atoms with Crippen molar-refractivity contribution in [1.29, 1.82) is 10.8 Å². The number of fused-ring (bicyclic) bond motifs is 2. The van der Waals surface area contributed by atoms with Crippen molar-refractivity contribution in [2.45, 2.75) is 58.0 Å². The van der Waals surface area contributed by atoms with Gasteiger partial charge in [0.25, 0.3) is 0 Å². The summed E-state index contributed by atoms with van der Waals surface area (Å²) in [6, 6.07) is 5.13. The molecule has 3 atom stereocenters. The van der Waals surface area contributed by atoms with E-state index in [9.17, 15) is 9.18 Å². The fourth-order valence-corrected chi connectivity index (χ4v) is 4.83. The summed E-state index contributed by atoms with van der Waals surface area (Å²) in [4.78, 5) is 23.1. The molecule has 170 valence electrons. The molecule has 2 fully saturated rings. The van der Waals surface area contributed by atoms with Gasteiger partial charge in [-0.05, 0) is 43.4 Å². The Labute approximate surface area is 187 Å². The first-order chi connectivity index (χ1) is 15.2. The van der Waals surface area contributed by atoms with E-state index in [1.165, 1.54) is 0 Å². The number of aromatic nitrogens is 2. The van der Waals surface area contributed by atoms with Gasteiger partial charge in [-0.2, -0.15) is 0 Å². The predicted molar refractivity (Wildman–Crippen MR) is 121 cm³/mol. The van der Waals surface area contributed by atoms with Gasteiger partial charge in [0.2, 0.25) is 5.90 Å². The van der Waals surface area contributed by atoms with Crippen LogP contribution in [0.3, 0.4) is 0 Å².